The molecule has 34 heavy (non-hydrogen) atoms. The van der Waals surface area contributed by atoms with Gasteiger partial charge in [-0.3, -0.25) is 9.59 Å². The van der Waals surface area contributed by atoms with Crippen LogP contribution in [-0.4, -0.2) is 77.4 Å². The number of carbonyl (C=O) groups is 2. The number of nitrogens with one attached hydrogen (secondary N) is 2. The van der Waals surface area contributed by atoms with Crippen LogP contribution in [0, 0.1) is 0 Å². The third-order valence-corrected chi connectivity index (χ3v) is 5.77. The molecule has 1 aliphatic heterocycles. The van der Waals surface area contributed by atoms with Crippen LogP contribution in [0.1, 0.15) is 43.5 Å². The van der Waals surface area contributed by atoms with Gasteiger partial charge in [0.1, 0.15) is 30.5 Å². The van der Waals surface area contributed by atoms with E-state index in [1.54, 1.807) is 30.3 Å². The maximum atomic E-state index is 12.1. The fourth-order valence-corrected chi connectivity index (χ4v) is 3.90. The zero-order valence-electron chi connectivity index (χ0n) is 19.0. The van der Waals surface area contributed by atoms with Gasteiger partial charge < -0.3 is 35.8 Å². The molecule has 5 atom stereocenters. The van der Waals surface area contributed by atoms with Crippen LogP contribution in [0.2, 0.25) is 0 Å². The highest BCUT2D eigenvalue weighted by molar-refractivity contribution is 6.00. The molecule has 3 rings (SSSR count). The Bertz CT molecular complexity index is 1020. The average Bonchev–Trinajstić information content (AvgIpc) is 2.86. The Hall–Kier alpha value is -3.08. The highest BCUT2D eigenvalue weighted by Gasteiger charge is 2.43. The molecule has 2 aromatic carbocycles. The summed E-state index contributed by atoms with van der Waals surface area (Å²) in [7, 11) is 3.04. The molecule has 0 aliphatic carbocycles. The second-order valence-electron chi connectivity index (χ2n) is 8.10. The van der Waals surface area contributed by atoms with E-state index < -0.39 is 37.1 Å². The van der Waals surface area contributed by atoms with Crippen LogP contribution >= 0.6 is 0 Å². The fourth-order valence-electron chi connectivity index (χ4n) is 3.90. The first kappa shape index (κ1) is 25.5. The molecule has 9 nitrogen and oxygen atoms in total. The fraction of sp³-hybridized carbons (Fsp3) is 0.360. The quantitative estimate of drug-likeness (QED) is 0.338. The molecule has 0 unspecified atom stereocenters. The molecule has 0 aromatic heterocycles. The van der Waals surface area contributed by atoms with Crippen molar-refractivity contribution in [2.45, 2.75) is 36.9 Å². The second kappa shape index (κ2) is 11.4. The van der Waals surface area contributed by atoms with E-state index in [0.717, 1.165) is 5.56 Å². The summed E-state index contributed by atoms with van der Waals surface area (Å²) in [4.78, 5) is 24.2. The van der Waals surface area contributed by atoms with E-state index in [0.29, 0.717) is 28.7 Å². The molecule has 9 heteroatoms. The molecule has 1 fully saturated rings. The summed E-state index contributed by atoms with van der Waals surface area (Å²) in [6, 6.07) is 12.1. The number of aliphatic hydroxyl groups excluding tert-OH is 4. The normalized spacial score (nSPS) is 24.7. The number of ether oxygens (including phenoxy) is 1. The van der Waals surface area contributed by atoms with E-state index in [4.69, 9.17) is 4.74 Å². The number of allylic oxidation sites excluding steroid dienone is 1. The van der Waals surface area contributed by atoms with Gasteiger partial charge in [0.2, 0.25) is 0 Å². The molecule has 0 radical (unpaired) electrons. The highest BCUT2D eigenvalue weighted by Crippen LogP contribution is 2.32. The van der Waals surface area contributed by atoms with E-state index >= 15 is 0 Å². The van der Waals surface area contributed by atoms with Crippen LogP contribution in [0.25, 0.3) is 6.08 Å². The van der Waals surface area contributed by atoms with Gasteiger partial charge in [-0.1, -0.05) is 36.4 Å². The largest absolute Gasteiger partial charge is 0.394 e. The first-order valence-electron chi connectivity index (χ1n) is 10.9. The van der Waals surface area contributed by atoms with Crippen LogP contribution in [0.15, 0.2) is 48.5 Å². The predicted octanol–water partition coefficient (Wildman–Crippen LogP) is 0.177. The van der Waals surface area contributed by atoms with E-state index in [1.807, 2.05) is 18.2 Å². The average molecular weight is 471 g/mol. The molecular formula is C25H30N2O7. The lowest BCUT2D eigenvalue weighted by Gasteiger charge is -2.40. The summed E-state index contributed by atoms with van der Waals surface area (Å²) in [5.41, 5.74) is 2.91. The van der Waals surface area contributed by atoms with Crippen molar-refractivity contribution in [1.82, 2.24) is 10.6 Å². The Kier molecular flexibility index (Phi) is 8.54. The molecule has 1 saturated heterocycles. The number of hydrogen-bond acceptors (Lipinski definition) is 7. The summed E-state index contributed by atoms with van der Waals surface area (Å²) >= 11 is 0. The molecule has 1 heterocycles. The molecule has 0 spiro atoms. The summed E-state index contributed by atoms with van der Waals surface area (Å²) in [6.45, 7) is -0.489. The Morgan fingerprint density at radius 2 is 1.59 bits per heavy atom. The Labute approximate surface area is 197 Å². The van der Waals surface area contributed by atoms with Crippen molar-refractivity contribution in [3.8, 4) is 0 Å². The summed E-state index contributed by atoms with van der Waals surface area (Å²) in [5.74, 6) is -0.597. The minimum Gasteiger partial charge on any atom is -0.394 e. The molecular weight excluding hydrogens is 440 g/mol. The Morgan fingerprint density at radius 3 is 2.18 bits per heavy atom. The molecule has 1 aliphatic rings. The van der Waals surface area contributed by atoms with Gasteiger partial charge in [0.25, 0.3) is 11.8 Å². The zero-order chi connectivity index (χ0) is 24.8. The summed E-state index contributed by atoms with van der Waals surface area (Å²) in [5, 5.41) is 44.9. The second-order valence-corrected chi connectivity index (χ2v) is 8.10. The minimum atomic E-state index is -1.44. The number of benzene rings is 2. The van der Waals surface area contributed by atoms with Crippen LogP contribution in [0.4, 0.5) is 0 Å². The molecule has 182 valence electrons. The maximum absolute atomic E-state index is 12.1. The van der Waals surface area contributed by atoms with Crippen LogP contribution in [0.3, 0.4) is 0 Å². The first-order chi connectivity index (χ1) is 16.3. The van der Waals surface area contributed by atoms with Crippen molar-refractivity contribution in [1.29, 1.82) is 0 Å². The molecule has 6 N–H and O–H groups in total. The van der Waals surface area contributed by atoms with E-state index in [2.05, 4.69) is 10.6 Å². The van der Waals surface area contributed by atoms with Crippen molar-refractivity contribution in [2.24, 2.45) is 0 Å². The predicted molar refractivity (Wildman–Crippen MR) is 125 cm³/mol. The van der Waals surface area contributed by atoms with Gasteiger partial charge in [0.05, 0.1) is 6.61 Å². The van der Waals surface area contributed by atoms with E-state index in [-0.39, 0.29) is 11.8 Å². The zero-order valence-corrected chi connectivity index (χ0v) is 19.0. The monoisotopic (exact) mass is 470 g/mol. The number of rotatable bonds is 7. The van der Waals surface area contributed by atoms with Gasteiger partial charge in [0, 0.05) is 25.2 Å². The van der Waals surface area contributed by atoms with Gasteiger partial charge in [-0.05, 0) is 41.3 Å². The smallest absolute Gasteiger partial charge is 0.251 e. The number of aliphatic hydroxyl groups is 4. The molecule has 0 saturated carbocycles. The van der Waals surface area contributed by atoms with E-state index in [1.165, 1.54) is 20.2 Å². The third kappa shape index (κ3) is 5.69. The third-order valence-electron chi connectivity index (χ3n) is 5.77. The highest BCUT2D eigenvalue weighted by atomic mass is 16.5. The lowest BCUT2D eigenvalue weighted by Crippen LogP contribution is -2.55. The van der Waals surface area contributed by atoms with Crippen molar-refractivity contribution in [3.63, 3.8) is 0 Å². The number of carbonyl (C=O) groups excluding carboxylic acids is 2. The van der Waals surface area contributed by atoms with Gasteiger partial charge >= 0.3 is 0 Å². The molecule has 2 aromatic rings. The van der Waals surface area contributed by atoms with Gasteiger partial charge in [-0.2, -0.15) is 0 Å². The summed E-state index contributed by atoms with van der Waals surface area (Å²) < 4.78 is 5.63. The van der Waals surface area contributed by atoms with Crippen LogP contribution in [-0.2, 0) is 11.2 Å². The topological polar surface area (TPSA) is 148 Å². The SMILES string of the molecule is CNC(=O)c1cc(/C=C/Cc2cccc([C@H]3O[C@H](CO)[C@@H](O)[C@H](O)[C@@H]3O)c2)cc(C(=O)NC)c1. The van der Waals surface area contributed by atoms with Crippen molar-refractivity contribution in [3.05, 3.63) is 76.4 Å². The van der Waals surface area contributed by atoms with Gasteiger partial charge in [0.15, 0.2) is 0 Å². The van der Waals surface area contributed by atoms with Crippen LogP contribution in [0.5, 0.6) is 0 Å². The Morgan fingerprint density at radius 1 is 0.941 bits per heavy atom. The van der Waals surface area contributed by atoms with E-state index in [9.17, 15) is 30.0 Å². The standard InChI is InChI=1S/C25H30N2O7/c1-26-24(32)17-10-15(11-18(12-17)25(33)27-2)7-3-5-14-6-4-8-16(9-14)23-22(31)21(30)20(29)19(13-28)34-23/h3-4,6-12,19-23,28-31H,5,13H2,1-2H3,(H,26,32)(H,27,33)/b7-3+/t19-,20-,21+,22+,23-/m1/s1. The first-order valence-corrected chi connectivity index (χ1v) is 10.9. The lowest BCUT2D eigenvalue weighted by atomic mass is 9.90. The van der Waals surface area contributed by atoms with Crippen LogP contribution < -0.4 is 10.6 Å². The van der Waals surface area contributed by atoms with Gasteiger partial charge in [-0.15, -0.1) is 0 Å². The van der Waals surface area contributed by atoms with Crippen molar-refractivity contribution in [2.75, 3.05) is 20.7 Å². The van der Waals surface area contributed by atoms with Crippen molar-refractivity contribution < 1.29 is 34.8 Å². The molecule has 2 amide bonds. The van der Waals surface area contributed by atoms with Crippen molar-refractivity contribution >= 4 is 17.9 Å². The molecule has 0 bridgehead atoms. The Balaban J connectivity index is 1.79. The maximum Gasteiger partial charge on any atom is 0.251 e. The minimum absolute atomic E-state index is 0.298. The van der Waals surface area contributed by atoms with Gasteiger partial charge in [-0.25, -0.2) is 0 Å². The number of amides is 2. The number of hydrogen-bond donors (Lipinski definition) is 6. The lowest BCUT2D eigenvalue weighted by molar-refractivity contribution is -0.231. The summed E-state index contributed by atoms with van der Waals surface area (Å²) in [6.07, 6.45) is -1.89.